The van der Waals surface area contributed by atoms with Gasteiger partial charge in [0.15, 0.2) is 0 Å². The van der Waals surface area contributed by atoms with Crippen molar-refractivity contribution >= 4 is 32.8 Å². The van der Waals surface area contributed by atoms with Crippen molar-refractivity contribution in [3.63, 3.8) is 0 Å². The zero-order chi connectivity index (χ0) is 42.0. The van der Waals surface area contributed by atoms with E-state index in [1.807, 2.05) is 6.20 Å². The van der Waals surface area contributed by atoms with Crippen LogP contribution in [0.5, 0.6) is 11.5 Å². The minimum absolute atomic E-state index is 0.00191. The molecule has 1 atom stereocenters. The van der Waals surface area contributed by atoms with Crippen LogP contribution in [0.3, 0.4) is 0 Å². The Bertz CT molecular complexity index is 3310. The molecule has 0 aliphatic heterocycles. The number of benzene rings is 7. The maximum atomic E-state index is 6.87. The molecular formula is C56H46N4OPt. The second kappa shape index (κ2) is 15.4. The van der Waals surface area contributed by atoms with Crippen LogP contribution in [0.15, 0.2) is 182 Å². The van der Waals surface area contributed by atoms with Gasteiger partial charge in [-0.15, -0.1) is 0 Å². The summed E-state index contributed by atoms with van der Waals surface area (Å²) in [6, 6.07) is 63.5. The summed E-state index contributed by atoms with van der Waals surface area (Å²) in [4.78, 5) is 4.90. The van der Waals surface area contributed by atoms with Gasteiger partial charge in [-0.05, 0) is 29.2 Å². The molecular weight excluding hydrogens is 940 g/mol. The van der Waals surface area contributed by atoms with Crippen molar-refractivity contribution in [2.24, 2.45) is 0 Å². The number of para-hydroxylation sites is 4. The Morgan fingerprint density at radius 1 is 0.581 bits per heavy atom. The first kappa shape index (κ1) is 38.4. The summed E-state index contributed by atoms with van der Waals surface area (Å²) in [5, 5.41) is 2.37. The number of aromatic nitrogens is 4. The summed E-state index contributed by atoms with van der Waals surface area (Å²) >= 11 is 2.59. The summed E-state index contributed by atoms with van der Waals surface area (Å²) in [5.41, 5.74) is 14.5. The smallest absolute Gasteiger partial charge is 0.0149 e. The van der Waals surface area contributed by atoms with E-state index in [1.54, 1.807) is 0 Å². The monoisotopic (exact) mass is 985 g/mol. The number of aryl methyl sites for hydroxylation is 1. The number of ether oxygens (including phenoxy) is 1. The Labute approximate surface area is 372 Å². The molecule has 0 radical (unpaired) electrons. The fraction of sp³-hybridized carbons (Fsp3) is 0.143. The Morgan fingerprint density at radius 3 is 1.94 bits per heavy atom. The Hall–Kier alpha value is -6.55. The predicted octanol–water partition coefficient (Wildman–Crippen LogP) is 14.4. The summed E-state index contributed by atoms with van der Waals surface area (Å²) in [6.45, 7) is 6.74. The van der Waals surface area contributed by atoms with E-state index in [0.29, 0.717) is 0 Å². The predicted molar refractivity (Wildman–Crippen MR) is 250 cm³/mol. The number of fused-ring (bicyclic) bond motifs is 5. The van der Waals surface area contributed by atoms with E-state index in [4.69, 9.17) is 9.72 Å². The van der Waals surface area contributed by atoms with E-state index >= 15 is 0 Å². The topological polar surface area (TPSA) is 36.9 Å². The van der Waals surface area contributed by atoms with E-state index in [0.717, 1.165) is 47.6 Å². The van der Waals surface area contributed by atoms with Gasteiger partial charge < -0.3 is 0 Å². The molecule has 0 saturated carbocycles. The van der Waals surface area contributed by atoms with Crippen LogP contribution < -0.4 is 4.74 Å². The van der Waals surface area contributed by atoms with Crippen LogP contribution >= 0.6 is 0 Å². The molecule has 6 heteroatoms. The van der Waals surface area contributed by atoms with Crippen LogP contribution in [-0.2, 0) is 31.2 Å². The summed E-state index contributed by atoms with van der Waals surface area (Å²) in [7, 11) is 0. The number of pyridine rings is 1. The van der Waals surface area contributed by atoms with Crippen molar-refractivity contribution in [1.82, 2.24) is 18.7 Å². The number of nitrogens with zero attached hydrogens (tertiary/aromatic N) is 4. The van der Waals surface area contributed by atoms with Crippen LogP contribution in [0, 0.1) is 3.80 Å². The average molecular weight is 986 g/mol. The molecule has 62 heavy (non-hydrogen) atoms. The van der Waals surface area contributed by atoms with Gasteiger partial charge in [-0.1, -0.05) is 39.0 Å². The molecule has 0 fully saturated rings. The summed E-state index contributed by atoms with van der Waals surface area (Å²) in [5.74, 6) is 2.54. The molecule has 0 spiro atoms. The van der Waals surface area contributed by atoms with Gasteiger partial charge in [0.25, 0.3) is 0 Å². The molecule has 0 N–H and O–H groups in total. The largest absolute Gasteiger partial charge is 0.0149 e. The van der Waals surface area contributed by atoms with E-state index in [1.165, 1.54) is 70.2 Å². The second-order valence-electron chi connectivity index (χ2n) is 17.4. The van der Waals surface area contributed by atoms with Gasteiger partial charge in [-0.2, -0.15) is 0 Å². The molecule has 11 rings (SSSR count). The van der Waals surface area contributed by atoms with Gasteiger partial charge in [0.05, 0.1) is 0 Å². The third kappa shape index (κ3) is 6.58. The zero-order valence-electron chi connectivity index (χ0n) is 35.0. The standard InChI is InChI=1S/C56H46N4O.Pt/c1-56(2,3)41-32-33-57-54(34-41)60-50-24-11-10-21-46(50)47-31-30-43(36-53(47)60)61-42-29-28-40-20-14-27-49(48(40)35-42)58-37-59(52-26-13-12-25-51(52)58)55-44(38-16-6-4-7-17-38)22-15-23-45(55)39-18-8-5-9-19-39;/h4-13,15-19,21-26,28-36,49H,14,20,27H2,1-3H3;. The maximum absolute atomic E-state index is 6.87. The zero-order valence-corrected chi connectivity index (χ0v) is 37.3. The first-order valence-corrected chi connectivity index (χ1v) is 22.7. The summed E-state index contributed by atoms with van der Waals surface area (Å²) < 4.78 is 15.4. The minimum Gasteiger partial charge on any atom is -0.0149 e. The van der Waals surface area contributed by atoms with Crippen molar-refractivity contribution < 1.29 is 24.1 Å². The maximum Gasteiger partial charge on any atom is -0.0149 e. The van der Waals surface area contributed by atoms with Gasteiger partial charge in [0.2, 0.25) is 0 Å². The molecule has 1 aliphatic rings. The van der Waals surface area contributed by atoms with Crippen molar-refractivity contribution in [2.75, 3.05) is 0 Å². The molecule has 3 aromatic heterocycles. The number of rotatable bonds is 7. The molecule has 0 saturated heterocycles. The Kier molecular flexibility index (Phi) is 9.54. The van der Waals surface area contributed by atoms with Crippen molar-refractivity contribution in [2.45, 2.75) is 51.5 Å². The molecule has 10 aromatic rings. The van der Waals surface area contributed by atoms with E-state index in [2.05, 4.69) is 230 Å². The number of hydrogen-bond donors (Lipinski definition) is 0. The van der Waals surface area contributed by atoms with Crippen LogP contribution in [0.4, 0.5) is 0 Å². The van der Waals surface area contributed by atoms with E-state index < -0.39 is 0 Å². The van der Waals surface area contributed by atoms with Crippen LogP contribution in [-0.4, -0.2) is 18.7 Å². The van der Waals surface area contributed by atoms with E-state index in [9.17, 15) is 0 Å². The van der Waals surface area contributed by atoms with Crippen LogP contribution in [0.1, 0.15) is 56.3 Å². The van der Waals surface area contributed by atoms with E-state index in [-0.39, 0.29) is 11.5 Å². The van der Waals surface area contributed by atoms with Gasteiger partial charge in [-0.3, -0.25) is 0 Å². The molecule has 3 heterocycles. The van der Waals surface area contributed by atoms with Crippen LogP contribution in [0.2, 0.25) is 0 Å². The second-order valence-corrected chi connectivity index (χ2v) is 18.4. The molecule has 1 unspecified atom stereocenters. The minimum atomic E-state index is -0.00191. The van der Waals surface area contributed by atoms with Crippen LogP contribution in [0.25, 0.3) is 66.6 Å². The van der Waals surface area contributed by atoms with Gasteiger partial charge in [0.1, 0.15) is 0 Å². The molecule has 1 aliphatic carbocycles. The Balaban J connectivity index is 1.04. The fourth-order valence-corrected chi connectivity index (χ4v) is 10.8. The molecule has 5 nitrogen and oxygen atoms in total. The van der Waals surface area contributed by atoms with Gasteiger partial charge >= 0.3 is 296 Å². The molecule has 306 valence electrons. The first-order chi connectivity index (χ1) is 30.3. The van der Waals surface area contributed by atoms with Crippen molar-refractivity contribution in [3.05, 3.63) is 203 Å². The molecule has 0 amide bonds. The fourth-order valence-electron chi connectivity index (χ4n) is 9.61. The van der Waals surface area contributed by atoms with Crippen molar-refractivity contribution in [1.29, 1.82) is 0 Å². The molecule has 0 bridgehead atoms. The first-order valence-electron chi connectivity index (χ1n) is 21.5. The SMILES string of the molecule is CC(C)(C)c1ccnc(-n2c3ccccc3c3ccc(Oc4ccc5c(c4)C(n4[c](=[Pt])n(-c6c(-c7ccccc7)cccc6-c6ccccc6)c6ccccc64)CCC5)cc32)c1. The third-order valence-corrected chi connectivity index (χ3v) is 13.7. The Morgan fingerprint density at radius 2 is 1.21 bits per heavy atom. The quantitative estimate of drug-likeness (QED) is 0.160. The number of imidazole rings is 1. The normalized spacial score (nSPS) is 14.1. The number of hydrogen-bond acceptors (Lipinski definition) is 2. The third-order valence-electron chi connectivity index (χ3n) is 12.6. The molecule has 7 aromatic carbocycles. The van der Waals surface area contributed by atoms with Gasteiger partial charge in [-0.25, -0.2) is 4.98 Å². The van der Waals surface area contributed by atoms with Gasteiger partial charge in [0, 0.05) is 6.20 Å². The van der Waals surface area contributed by atoms with Crippen molar-refractivity contribution in [3.8, 4) is 45.3 Å². The average Bonchev–Trinajstić information content (AvgIpc) is 3.79. The summed E-state index contributed by atoms with van der Waals surface area (Å²) in [6.07, 6.45) is 5.12.